The zero-order valence-corrected chi connectivity index (χ0v) is 14.6. The maximum absolute atomic E-state index is 11.4. The van der Waals surface area contributed by atoms with Gasteiger partial charge in [-0.15, -0.1) is 0 Å². The van der Waals surface area contributed by atoms with E-state index in [1.54, 1.807) is 19.2 Å². The molecule has 6 nitrogen and oxygen atoms in total. The Morgan fingerprint density at radius 2 is 1.96 bits per heavy atom. The third kappa shape index (κ3) is 2.49. The number of nitro benzene ring substituents is 1. The Labute approximate surface area is 151 Å². The molecule has 1 N–H and O–H groups in total. The predicted molar refractivity (Wildman–Crippen MR) is 99.0 cm³/mol. The monoisotopic (exact) mass is 352 g/mol. The number of methoxy groups -OCH3 is 2. The third-order valence-electron chi connectivity index (χ3n) is 5.34. The zero-order valence-electron chi connectivity index (χ0n) is 14.6. The van der Waals surface area contributed by atoms with Crippen LogP contribution in [-0.4, -0.2) is 19.1 Å². The van der Waals surface area contributed by atoms with Crippen LogP contribution in [0.4, 0.5) is 11.4 Å². The predicted octanol–water partition coefficient (Wildman–Crippen LogP) is 4.44. The van der Waals surface area contributed by atoms with Crippen molar-refractivity contribution in [2.24, 2.45) is 5.92 Å². The minimum Gasteiger partial charge on any atom is -0.495 e. The van der Waals surface area contributed by atoms with Crippen LogP contribution in [0.2, 0.25) is 0 Å². The van der Waals surface area contributed by atoms with Gasteiger partial charge in [-0.3, -0.25) is 10.1 Å². The number of nitro groups is 1. The van der Waals surface area contributed by atoms with Crippen LogP contribution in [-0.2, 0) is 0 Å². The Bertz CT molecular complexity index is 893. The molecule has 3 atom stereocenters. The van der Waals surface area contributed by atoms with E-state index in [0.717, 1.165) is 23.4 Å². The summed E-state index contributed by atoms with van der Waals surface area (Å²) in [6.45, 7) is 0. The van der Waals surface area contributed by atoms with E-state index in [1.807, 2.05) is 18.2 Å². The molecule has 1 aliphatic carbocycles. The van der Waals surface area contributed by atoms with E-state index in [-0.39, 0.29) is 23.4 Å². The first-order valence-corrected chi connectivity index (χ1v) is 8.56. The molecule has 1 heterocycles. The largest absolute Gasteiger partial charge is 0.495 e. The molecule has 2 aromatic carbocycles. The van der Waals surface area contributed by atoms with E-state index in [4.69, 9.17) is 9.47 Å². The fraction of sp³-hybridized carbons (Fsp3) is 0.300. The average Bonchev–Trinajstić information content (AvgIpc) is 3.16. The Balaban J connectivity index is 1.80. The lowest BCUT2D eigenvalue weighted by atomic mass is 9.77. The van der Waals surface area contributed by atoms with E-state index < -0.39 is 4.92 Å². The summed E-state index contributed by atoms with van der Waals surface area (Å²) in [7, 11) is 3.10. The van der Waals surface area contributed by atoms with Crippen LogP contribution < -0.4 is 14.8 Å². The van der Waals surface area contributed by atoms with E-state index >= 15 is 0 Å². The lowest BCUT2D eigenvalue weighted by molar-refractivity contribution is -0.385. The molecular formula is C20H20N2O4. The molecule has 2 aromatic rings. The topological polar surface area (TPSA) is 73.6 Å². The number of anilines is 1. The highest BCUT2D eigenvalue weighted by atomic mass is 16.6. The van der Waals surface area contributed by atoms with Crippen LogP contribution in [0.3, 0.4) is 0 Å². The normalized spacial score (nSPS) is 22.9. The SMILES string of the molecule is COc1ccc(C2Nc3c(OC)cccc3C3C=CCC32)cc1[N+](=O)[O-]. The molecule has 0 saturated carbocycles. The Hall–Kier alpha value is -3.02. The molecule has 0 aromatic heterocycles. The first-order chi connectivity index (χ1) is 12.6. The maximum Gasteiger partial charge on any atom is 0.311 e. The molecule has 0 spiro atoms. The van der Waals surface area contributed by atoms with Gasteiger partial charge in [0.25, 0.3) is 0 Å². The summed E-state index contributed by atoms with van der Waals surface area (Å²) in [5, 5.41) is 15.0. The van der Waals surface area contributed by atoms with Gasteiger partial charge in [-0.2, -0.15) is 0 Å². The molecule has 4 rings (SSSR count). The number of fused-ring (bicyclic) bond motifs is 3. The van der Waals surface area contributed by atoms with Gasteiger partial charge < -0.3 is 14.8 Å². The molecule has 0 saturated heterocycles. The maximum atomic E-state index is 11.4. The Morgan fingerprint density at radius 3 is 2.69 bits per heavy atom. The first-order valence-electron chi connectivity index (χ1n) is 8.56. The molecule has 134 valence electrons. The first kappa shape index (κ1) is 16.4. The van der Waals surface area contributed by atoms with Crippen molar-refractivity contribution in [2.45, 2.75) is 18.4 Å². The van der Waals surface area contributed by atoms with Crippen LogP contribution in [0.1, 0.15) is 29.5 Å². The minimum absolute atomic E-state index is 0.0138. The molecule has 0 bridgehead atoms. The molecule has 6 heteroatoms. The van der Waals surface area contributed by atoms with Crippen LogP contribution in [0, 0.1) is 16.0 Å². The van der Waals surface area contributed by atoms with Crippen molar-refractivity contribution in [1.82, 2.24) is 0 Å². The second-order valence-corrected chi connectivity index (χ2v) is 6.59. The van der Waals surface area contributed by atoms with Gasteiger partial charge >= 0.3 is 5.69 Å². The quantitative estimate of drug-likeness (QED) is 0.500. The van der Waals surface area contributed by atoms with Crippen molar-refractivity contribution < 1.29 is 14.4 Å². The standard InChI is InChI=1S/C20H20N2O4/c1-25-17-10-9-12(11-16(17)22(23)24)19-14-6-3-5-13(14)15-7-4-8-18(26-2)20(15)21-19/h3-5,7-11,13-14,19,21H,6H2,1-2H3. The molecule has 3 unspecified atom stereocenters. The summed E-state index contributed by atoms with van der Waals surface area (Å²) in [6, 6.07) is 11.2. The second kappa shape index (κ2) is 6.37. The number of rotatable bonds is 4. The Morgan fingerprint density at radius 1 is 1.15 bits per heavy atom. The third-order valence-corrected chi connectivity index (χ3v) is 5.34. The molecule has 0 radical (unpaired) electrons. The lowest BCUT2D eigenvalue weighted by Gasteiger charge is -2.38. The van der Waals surface area contributed by atoms with E-state index in [1.165, 1.54) is 12.7 Å². The molecule has 2 aliphatic rings. The summed E-state index contributed by atoms with van der Waals surface area (Å²) in [5.41, 5.74) is 3.04. The zero-order chi connectivity index (χ0) is 18.3. The van der Waals surface area contributed by atoms with Crippen molar-refractivity contribution in [3.8, 4) is 11.5 Å². The highest BCUT2D eigenvalue weighted by Crippen LogP contribution is 2.52. The number of nitrogens with one attached hydrogen (secondary N) is 1. The Kier molecular flexibility index (Phi) is 4.03. The van der Waals surface area contributed by atoms with E-state index in [2.05, 4.69) is 23.5 Å². The number of nitrogens with zero attached hydrogens (tertiary/aromatic N) is 1. The van der Waals surface area contributed by atoms with Gasteiger partial charge in [0.2, 0.25) is 0 Å². The molecular weight excluding hydrogens is 332 g/mol. The fourth-order valence-corrected chi connectivity index (χ4v) is 4.14. The van der Waals surface area contributed by atoms with Crippen LogP contribution in [0.15, 0.2) is 48.6 Å². The van der Waals surface area contributed by atoms with Crippen molar-refractivity contribution in [1.29, 1.82) is 0 Å². The molecule has 0 amide bonds. The number of allylic oxidation sites excluding steroid dienone is 2. The lowest BCUT2D eigenvalue weighted by Crippen LogP contribution is -2.29. The molecule has 26 heavy (non-hydrogen) atoms. The summed E-state index contributed by atoms with van der Waals surface area (Å²) in [6.07, 6.45) is 5.35. The fourth-order valence-electron chi connectivity index (χ4n) is 4.14. The number of benzene rings is 2. The van der Waals surface area contributed by atoms with Crippen molar-refractivity contribution in [2.75, 3.05) is 19.5 Å². The highest BCUT2D eigenvalue weighted by Gasteiger charge is 2.39. The number of para-hydroxylation sites is 1. The van der Waals surface area contributed by atoms with Gasteiger partial charge in [-0.1, -0.05) is 30.4 Å². The van der Waals surface area contributed by atoms with Crippen molar-refractivity contribution >= 4 is 11.4 Å². The summed E-state index contributed by atoms with van der Waals surface area (Å²) < 4.78 is 10.7. The molecule has 0 fully saturated rings. The number of hydrogen-bond donors (Lipinski definition) is 1. The smallest absolute Gasteiger partial charge is 0.311 e. The van der Waals surface area contributed by atoms with Crippen molar-refractivity contribution in [3.63, 3.8) is 0 Å². The number of ether oxygens (including phenoxy) is 2. The van der Waals surface area contributed by atoms with Gasteiger partial charge in [0.1, 0.15) is 5.75 Å². The van der Waals surface area contributed by atoms with Crippen LogP contribution in [0.5, 0.6) is 11.5 Å². The summed E-state index contributed by atoms with van der Waals surface area (Å²) >= 11 is 0. The van der Waals surface area contributed by atoms with E-state index in [9.17, 15) is 10.1 Å². The number of hydrogen-bond acceptors (Lipinski definition) is 5. The van der Waals surface area contributed by atoms with Gasteiger partial charge in [-0.25, -0.2) is 0 Å². The second-order valence-electron chi connectivity index (χ2n) is 6.59. The van der Waals surface area contributed by atoms with Crippen LogP contribution in [0.25, 0.3) is 0 Å². The van der Waals surface area contributed by atoms with Crippen LogP contribution >= 0.6 is 0 Å². The molecule has 1 aliphatic heterocycles. The highest BCUT2D eigenvalue weighted by molar-refractivity contribution is 5.68. The van der Waals surface area contributed by atoms with Gasteiger partial charge in [0, 0.05) is 12.0 Å². The minimum atomic E-state index is -0.399. The summed E-state index contributed by atoms with van der Waals surface area (Å²) in [5.74, 6) is 1.64. The van der Waals surface area contributed by atoms with Gasteiger partial charge in [-0.05, 0) is 35.6 Å². The summed E-state index contributed by atoms with van der Waals surface area (Å²) in [4.78, 5) is 11.0. The van der Waals surface area contributed by atoms with Gasteiger partial charge in [0.05, 0.1) is 30.9 Å². The van der Waals surface area contributed by atoms with Crippen molar-refractivity contribution in [3.05, 3.63) is 69.8 Å². The van der Waals surface area contributed by atoms with Gasteiger partial charge in [0.15, 0.2) is 5.75 Å². The average molecular weight is 352 g/mol. The van der Waals surface area contributed by atoms with E-state index in [0.29, 0.717) is 5.92 Å².